The van der Waals surface area contributed by atoms with Gasteiger partial charge in [0.15, 0.2) is 9.84 Å². The number of hydrogen-bond donors (Lipinski definition) is 0. The van der Waals surface area contributed by atoms with Crippen molar-refractivity contribution < 1.29 is 17.6 Å². The molecule has 1 amide bonds. The Hall–Kier alpha value is -2.21. The Morgan fingerprint density at radius 1 is 1.09 bits per heavy atom. The van der Waals surface area contributed by atoms with Gasteiger partial charge in [0, 0.05) is 18.3 Å². The van der Waals surface area contributed by atoms with Crippen LogP contribution in [0.4, 0.5) is 10.1 Å². The van der Waals surface area contributed by atoms with Crippen LogP contribution in [-0.2, 0) is 20.4 Å². The van der Waals surface area contributed by atoms with E-state index in [0.717, 1.165) is 0 Å². The van der Waals surface area contributed by atoms with Gasteiger partial charge in [0.2, 0.25) is 5.91 Å². The minimum absolute atomic E-state index is 0.0644. The van der Waals surface area contributed by atoms with E-state index in [1.165, 1.54) is 37.1 Å². The van der Waals surface area contributed by atoms with Gasteiger partial charge >= 0.3 is 0 Å². The van der Waals surface area contributed by atoms with Gasteiger partial charge in [-0.1, -0.05) is 36.4 Å². The topological polar surface area (TPSA) is 54.5 Å². The first kappa shape index (κ1) is 17.1. The number of sulfone groups is 1. The van der Waals surface area contributed by atoms with Crippen molar-refractivity contribution in [1.82, 2.24) is 0 Å². The van der Waals surface area contributed by atoms with E-state index >= 15 is 0 Å². The van der Waals surface area contributed by atoms with E-state index in [0.29, 0.717) is 5.69 Å². The third kappa shape index (κ3) is 3.96. The summed E-state index contributed by atoms with van der Waals surface area (Å²) in [5.41, 5.74) is 0.667. The molecule has 0 N–H and O–H groups in total. The first-order valence-corrected chi connectivity index (χ1v) is 8.82. The van der Waals surface area contributed by atoms with Crippen LogP contribution in [0.15, 0.2) is 54.6 Å². The first-order valence-electron chi connectivity index (χ1n) is 7.10. The quantitative estimate of drug-likeness (QED) is 0.844. The second kappa shape index (κ2) is 6.91. The summed E-state index contributed by atoms with van der Waals surface area (Å²) in [4.78, 5) is 13.7. The van der Waals surface area contributed by atoms with Crippen molar-refractivity contribution in [3.63, 3.8) is 0 Å². The molecule has 0 unspecified atom stereocenters. The van der Waals surface area contributed by atoms with Crippen molar-refractivity contribution in [3.05, 3.63) is 66.0 Å². The molecule has 0 saturated heterocycles. The van der Waals surface area contributed by atoms with E-state index in [9.17, 15) is 17.6 Å². The molecule has 2 rings (SSSR count). The third-order valence-corrected chi connectivity index (χ3v) is 5.67. The monoisotopic (exact) mass is 335 g/mol. The van der Waals surface area contributed by atoms with Gasteiger partial charge in [-0.05, 0) is 25.1 Å². The molecule has 6 heteroatoms. The summed E-state index contributed by atoms with van der Waals surface area (Å²) in [5, 5.41) is -1.26. The molecule has 0 fully saturated rings. The Balaban J connectivity index is 2.19. The first-order chi connectivity index (χ1) is 10.8. The molecule has 0 bridgehead atoms. The Morgan fingerprint density at radius 3 is 2.26 bits per heavy atom. The maximum Gasteiger partial charge on any atom is 0.244 e. The zero-order valence-electron chi connectivity index (χ0n) is 12.9. The zero-order chi connectivity index (χ0) is 17.0. The van der Waals surface area contributed by atoms with E-state index < -0.39 is 32.6 Å². The van der Waals surface area contributed by atoms with Crippen LogP contribution in [0.25, 0.3) is 0 Å². The largest absolute Gasteiger partial charge is 0.314 e. The summed E-state index contributed by atoms with van der Waals surface area (Å²) in [6.07, 6.45) is 0. The molecule has 0 aliphatic rings. The molecule has 0 aromatic heterocycles. The molecule has 0 heterocycles. The second-order valence-electron chi connectivity index (χ2n) is 5.27. The highest BCUT2D eigenvalue weighted by atomic mass is 32.2. The van der Waals surface area contributed by atoms with Crippen LogP contribution in [-0.4, -0.2) is 26.6 Å². The average molecular weight is 335 g/mol. The van der Waals surface area contributed by atoms with Gasteiger partial charge in [0.25, 0.3) is 0 Å². The molecule has 0 radical (unpaired) electrons. The van der Waals surface area contributed by atoms with Gasteiger partial charge in [-0.25, -0.2) is 12.8 Å². The maximum absolute atomic E-state index is 13.6. The predicted molar refractivity (Wildman–Crippen MR) is 88.3 cm³/mol. The third-order valence-electron chi connectivity index (χ3n) is 3.68. The van der Waals surface area contributed by atoms with Gasteiger partial charge in [-0.3, -0.25) is 4.79 Å². The Morgan fingerprint density at radius 2 is 1.65 bits per heavy atom. The number of amides is 1. The smallest absolute Gasteiger partial charge is 0.244 e. The van der Waals surface area contributed by atoms with Crippen LogP contribution in [0.2, 0.25) is 0 Å². The summed E-state index contributed by atoms with van der Waals surface area (Å²) >= 11 is 0. The summed E-state index contributed by atoms with van der Waals surface area (Å²) in [6.45, 7) is 1.33. The summed E-state index contributed by atoms with van der Waals surface area (Å²) < 4.78 is 38.5. The van der Waals surface area contributed by atoms with Gasteiger partial charge in [-0.15, -0.1) is 0 Å². The molecular weight excluding hydrogens is 317 g/mol. The number of benzene rings is 2. The molecular formula is C17H18FNO3S. The second-order valence-corrected chi connectivity index (χ2v) is 7.60. The normalized spacial score (nSPS) is 12.7. The van der Waals surface area contributed by atoms with Crippen LogP contribution < -0.4 is 4.90 Å². The number of carbonyl (C=O) groups excluding carboxylic acids is 1. The highest BCUT2D eigenvalue weighted by Gasteiger charge is 2.31. The maximum atomic E-state index is 13.6. The highest BCUT2D eigenvalue weighted by molar-refractivity contribution is 7.92. The fraction of sp³-hybridized carbons (Fsp3) is 0.235. The summed E-state index contributed by atoms with van der Waals surface area (Å²) in [7, 11) is -2.30. The van der Waals surface area contributed by atoms with Gasteiger partial charge in [-0.2, -0.15) is 0 Å². The number of rotatable bonds is 5. The number of carbonyl (C=O) groups is 1. The lowest BCUT2D eigenvalue weighted by Crippen LogP contribution is -2.39. The zero-order valence-corrected chi connectivity index (χ0v) is 13.8. The van der Waals surface area contributed by atoms with Crippen molar-refractivity contribution in [2.24, 2.45) is 0 Å². The summed E-state index contributed by atoms with van der Waals surface area (Å²) in [5.74, 6) is -1.64. The van der Waals surface area contributed by atoms with Crippen LogP contribution in [0.3, 0.4) is 0 Å². The van der Waals surface area contributed by atoms with E-state index in [1.807, 2.05) is 0 Å². The molecule has 1 atom stereocenters. The van der Waals surface area contributed by atoms with Crippen molar-refractivity contribution >= 4 is 21.4 Å². The number of anilines is 1. The lowest BCUT2D eigenvalue weighted by Gasteiger charge is -2.21. The van der Waals surface area contributed by atoms with Crippen molar-refractivity contribution in [1.29, 1.82) is 0 Å². The molecule has 23 heavy (non-hydrogen) atoms. The molecule has 122 valence electrons. The van der Waals surface area contributed by atoms with Gasteiger partial charge in [0.05, 0.1) is 5.75 Å². The Kier molecular flexibility index (Phi) is 5.15. The minimum atomic E-state index is -3.82. The SMILES string of the molecule is C[C@H](C(=O)N(C)c1ccccc1)S(=O)(=O)Cc1ccccc1F. The van der Waals surface area contributed by atoms with Gasteiger partial charge < -0.3 is 4.90 Å². The molecule has 0 aliphatic heterocycles. The molecule has 2 aromatic rings. The van der Waals surface area contributed by atoms with Crippen molar-refractivity contribution in [2.45, 2.75) is 17.9 Å². The van der Waals surface area contributed by atoms with E-state index in [2.05, 4.69) is 0 Å². The van der Waals surface area contributed by atoms with Crippen LogP contribution in [0.5, 0.6) is 0 Å². The fourth-order valence-electron chi connectivity index (χ4n) is 2.16. The predicted octanol–water partition coefficient (Wildman–Crippen LogP) is 2.79. The molecule has 0 spiro atoms. The van der Waals surface area contributed by atoms with Crippen molar-refractivity contribution in [2.75, 3.05) is 11.9 Å². The fourth-order valence-corrected chi connectivity index (χ4v) is 3.55. The van der Waals surface area contributed by atoms with E-state index in [4.69, 9.17) is 0 Å². The standard InChI is InChI=1S/C17H18FNO3S/c1-13(17(20)19(2)15-9-4-3-5-10-15)23(21,22)12-14-8-6-7-11-16(14)18/h3-11,13H,12H2,1-2H3/t13-/m1/s1. The Labute approximate surface area is 135 Å². The van der Waals surface area contributed by atoms with E-state index in [-0.39, 0.29) is 5.56 Å². The molecule has 2 aromatic carbocycles. The van der Waals surface area contributed by atoms with Gasteiger partial charge in [0.1, 0.15) is 11.1 Å². The number of halogens is 1. The lowest BCUT2D eigenvalue weighted by atomic mass is 10.2. The van der Waals surface area contributed by atoms with Crippen LogP contribution in [0.1, 0.15) is 12.5 Å². The number of hydrogen-bond acceptors (Lipinski definition) is 3. The Bertz CT molecular complexity index is 790. The summed E-state index contributed by atoms with van der Waals surface area (Å²) in [6, 6.07) is 14.4. The highest BCUT2D eigenvalue weighted by Crippen LogP contribution is 2.18. The molecule has 0 saturated carbocycles. The van der Waals surface area contributed by atoms with Crippen LogP contribution in [0, 0.1) is 5.82 Å². The lowest BCUT2D eigenvalue weighted by molar-refractivity contribution is -0.117. The van der Waals surface area contributed by atoms with Crippen LogP contribution >= 0.6 is 0 Å². The number of nitrogens with zero attached hydrogens (tertiary/aromatic N) is 1. The van der Waals surface area contributed by atoms with Crippen molar-refractivity contribution in [3.8, 4) is 0 Å². The van der Waals surface area contributed by atoms with E-state index in [1.54, 1.807) is 36.4 Å². The number of para-hydroxylation sites is 1. The minimum Gasteiger partial charge on any atom is -0.314 e. The average Bonchev–Trinajstić information content (AvgIpc) is 2.55. The molecule has 0 aliphatic carbocycles. The molecule has 4 nitrogen and oxygen atoms in total.